The minimum atomic E-state index is -4.44. The molecule has 1 aliphatic carbocycles. The SMILES string of the molecule is CC(Nc1cc(C(NCC2CC2)c2ccccc2)ccc1F)C(F)(F)F. The highest BCUT2D eigenvalue weighted by atomic mass is 19.4. The summed E-state index contributed by atoms with van der Waals surface area (Å²) in [5.74, 6) is -0.0524. The Morgan fingerprint density at radius 3 is 2.35 bits per heavy atom. The number of nitrogens with one attached hydrogen (secondary N) is 2. The quantitative estimate of drug-likeness (QED) is 0.652. The summed E-state index contributed by atoms with van der Waals surface area (Å²) in [6.45, 7) is 1.81. The molecule has 26 heavy (non-hydrogen) atoms. The Balaban J connectivity index is 1.87. The molecule has 2 N–H and O–H groups in total. The van der Waals surface area contributed by atoms with Crippen LogP contribution < -0.4 is 10.6 Å². The molecule has 0 aliphatic heterocycles. The summed E-state index contributed by atoms with van der Waals surface area (Å²) in [5, 5.41) is 5.72. The molecule has 6 heteroatoms. The first-order valence-electron chi connectivity index (χ1n) is 8.75. The zero-order chi connectivity index (χ0) is 18.7. The van der Waals surface area contributed by atoms with Crippen molar-refractivity contribution >= 4 is 5.69 Å². The van der Waals surface area contributed by atoms with Gasteiger partial charge in [0.05, 0.1) is 11.7 Å². The highest BCUT2D eigenvalue weighted by molar-refractivity contribution is 5.50. The van der Waals surface area contributed by atoms with Gasteiger partial charge in [-0.05, 0) is 55.5 Å². The minimum Gasteiger partial charge on any atom is -0.372 e. The summed E-state index contributed by atoms with van der Waals surface area (Å²) < 4.78 is 52.5. The van der Waals surface area contributed by atoms with Crippen LogP contribution in [0.25, 0.3) is 0 Å². The first kappa shape index (κ1) is 18.7. The Hall–Kier alpha value is -2.08. The van der Waals surface area contributed by atoms with Gasteiger partial charge >= 0.3 is 6.18 Å². The van der Waals surface area contributed by atoms with E-state index in [4.69, 9.17) is 0 Å². The number of anilines is 1. The molecule has 1 aliphatic rings. The van der Waals surface area contributed by atoms with Crippen molar-refractivity contribution < 1.29 is 17.6 Å². The number of benzene rings is 2. The molecule has 2 atom stereocenters. The molecule has 140 valence electrons. The summed E-state index contributed by atoms with van der Waals surface area (Å²) in [7, 11) is 0. The van der Waals surface area contributed by atoms with Crippen molar-refractivity contribution in [3.8, 4) is 0 Å². The average Bonchev–Trinajstić information content (AvgIpc) is 3.42. The molecule has 0 aromatic heterocycles. The smallest absolute Gasteiger partial charge is 0.372 e. The monoisotopic (exact) mass is 366 g/mol. The number of hydrogen-bond donors (Lipinski definition) is 2. The van der Waals surface area contributed by atoms with E-state index in [1.165, 1.54) is 25.0 Å². The maximum atomic E-state index is 14.1. The minimum absolute atomic E-state index is 0.138. The molecule has 2 aromatic carbocycles. The van der Waals surface area contributed by atoms with E-state index in [1.54, 1.807) is 6.07 Å². The molecule has 0 bridgehead atoms. The largest absolute Gasteiger partial charge is 0.408 e. The third kappa shape index (κ3) is 4.75. The molecule has 0 amide bonds. The van der Waals surface area contributed by atoms with Gasteiger partial charge in [-0.1, -0.05) is 36.4 Å². The number of halogens is 4. The standard InChI is InChI=1S/C20H22F4N2/c1-13(20(22,23)24)26-18-11-16(9-10-17(18)21)19(25-12-14-7-8-14)15-5-3-2-4-6-15/h2-6,9-11,13-14,19,25-26H,7-8,12H2,1H3. The van der Waals surface area contributed by atoms with Gasteiger partial charge in [0.15, 0.2) is 0 Å². The van der Waals surface area contributed by atoms with Crippen LogP contribution in [0.1, 0.15) is 36.9 Å². The highest BCUT2D eigenvalue weighted by Crippen LogP contribution is 2.32. The summed E-state index contributed by atoms with van der Waals surface area (Å²) in [6, 6.07) is 11.9. The molecule has 1 saturated carbocycles. The van der Waals surface area contributed by atoms with E-state index in [0.29, 0.717) is 5.92 Å². The Labute approximate surface area is 150 Å². The van der Waals surface area contributed by atoms with Crippen LogP contribution in [-0.2, 0) is 0 Å². The van der Waals surface area contributed by atoms with Crippen LogP contribution in [0.5, 0.6) is 0 Å². The van der Waals surface area contributed by atoms with E-state index in [9.17, 15) is 17.6 Å². The fraction of sp³-hybridized carbons (Fsp3) is 0.400. The van der Waals surface area contributed by atoms with Gasteiger partial charge in [-0.25, -0.2) is 4.39 Å². The van der Waals surface area contributed by atoms with E-state index in [2.05, 4.69) is 10.6 Å². The predicted molar refractivity (Wildman–Crippen MR) is 94.6 cm³/mol. The lowest BCUT2D eigenvalue weighted by Gasteiger charge is -2.23. The van der Waals surface area contributed by atoms with Crippen LogP contribution in [0.4, 0.5) is 23.2 Å². The Bertz CT molecular complexity index is 726. The molecule has 0 spiro atoms. The van der Waals surface area contributed by atoms with Crippen molar-refractivity contribution in [2.75, 3.05) is 11.9 Å². The summed E-state index contributed by atoms with van der Waals surface area (Å²) in [4.78, 5) is 0. The van der Waals surface area contributed by atoms with Gasteiger partial charge in [0.2, 0.25) is 0 Å². The molecule has 3 rings (SSSR count). The zero-order valence-corrected chi connectivity index (χ0v) is 14.5. The Morgan fingerprint density at radius 1 is 1.04 bits per heavy atom. The molecular weight excluding hydrogens is 344 g/mol. The molecule has 2 nitrogen and oxygen atoms in total. The van der Waals surface area contributed by atoms with Gasteiger partial charge in [0.25, 0.3) is 0 Å². The highest BCUT2D eigenvalue weighted by Gasteiger charge is 2.36. The topological polar surface area (TPSA) is 24.1 Å². The van der Waals surface area contributed by atoms with Crippen molar-refractivity contribution in [1.29, 1.82) is 0 Å². The lowest BCUT2D eigenvalue weighted by molar-refractivity contribution is -0.138. The van der Waals surface area contributed by atoms with Gasteiger partial charge in [0.1, 0.15) is 11.9 Å². The van der Waals surface area contributed by atoms with Crippen molar-refractivity contribution in [3.05, 3.63) is 65.5 Å². The summed E-state index contributed by atoms with van der Waals surface area (Å²) in [6.07, 6.45) is -2.06. The number of alkyl halides is 3. The third-order valence-electron chi connectivity index (χ3n) is 4.63. The van der Waals surface area contributed by atoms with Crippen LogP contribution >= 0.6 is 0 Å². The van der Waals surface area contributed by atoms with E-state index in [0.717, 1.165) is 24.6 Å². The van der Waals surface area contributed by atoms with Crippen LogP contribution in [0.3, 0.4) is 0 Å². The van der Waals surface area contributed by atoms with Crippen molar-refractivity contribution in [1.82, 2.24) is 5.32 Å². The third-order valence-corrected chi connectivity index (χ3v) is 4.63. The Morgan fingerprint density at radius 2 is 1.73 bits per heavy atom. The molecule has 0 heterocycles. The average molecular weight is 366 g/mol. The summed E-state index contributed by atoms with van der Waals surface area (Å²) >= 11 is 0. The Kier molecular flexibility index (Phi) is 5.51. The van der Waals surface area contributed by atoms with Crippen LogP contribution in [0.15, 0.2) is 48.5 Å². The lowest BCUT2D eigenvalue weighted by atomic mass is 9.97. The second kappa shape index (κ2) is 7.66. The van der Waals surface area contributed by atoms with E-state index in [1.807, 2.05) is 30.3 Å². The van der Waals surface area contributed by atoms with E-state index >= 15 is 0 Å². The maximum absolute atomic E-state index is 14.1. The van der Waals surface area contributed by atoms with Crippen LogP contribution in [0, 0.1) is 11.7 Å². The molecule has 0 radical (unpaired) electrons. The fourth-order valence-electron chi connectivity index (χ4n) is 2.83. The number of hydrogen-bond acceptors (Lipinski definition) is 2. The normalized spacial score (nSPS) is 17.0. The van der Waals surface area contributed by atoms with Gasteiger partial charge in [-0.2, -0.15) is 13.2 Å². The van der Waals surface area contributed by atoms with Crippen molar-refractivity contribution in [2.24, 2.45) is 5.92 Å². The van der Waals surface area contributed by atoms with Gasteiger partial charge in [-0.3, -0.25) is 0 Å². The second-order valence-corrected chi connectivity index (χ2v) is 6.84. The van der Waals surface area contributed by atoms with Crippen molar-refractivity contribution in [3.63, 3.8) is 0 Å². The molecule has 1 fully saturated rings. The zero-order valence-electron chi connectivity index (χ0n) is 14.5. The van der Waals surface area contributed by atoms with E-state index in [-0.39, 0.29) is 11.7 Å². The first-order valence-corrected chi connectivity index (χ1v) is 8.75. The maximum Gasteiger partial charge on any atom is 0.408 e. The molecule has 2 aromatic rings. The molecular formula is C20H22F4N2. The van der Waals surface area contributed by atoms with Gasteiger partial charge in [-0.15, -0.1) is 0 Å². The molecule has 0 saturated heterocycles. The van der Waals surface area contributed by atoms with Crippen LogP contribution in [-0.4, -0.2) is 18.8 Å². The fourth-order valence-corrected chi connectivity index (χ4v) is 2.83. The summed E-state index contributed by atoms with van der Waals surface area (Å²) in [5.41, 5.74) is 1.59. The first-order chi connectivity index (χ1) is 12.3. The van der Waals surface area contributed by atoms with Crippen molar-refractivity contribution in [2.45, 2.75) is 38.0 Å². The van der Waals surface area contributed by atoms with Crippen LogP contribution in [0.2, 0.25) is 0 Å². The lowest BCUT2D eigenvalue weighted by Crippen LogP contribution is -2.33. The van der Waals surface area contributed by atoms with Gasteiger partial charge < -0.3 is 10.6 Å². The van der Waals surface area contributed by atoms with E-state index < -0.39 is 18.0 Å². The van der Waals surface area contributed by atoms with Gasteiger partial charge in [0, 0.05) is 0 Å². The predicted octanol–water partition coefficient (Wildman–Crippen LogP) is 5.28. The number of rotatable bonds is 7. The second-order valence-electron chi connectivity index (χ2n) is 6.84. The molecule has 2 unspecified atom stereocenters.